The Morgan fingerprint density at radius 3 is 2.71 bits per heavy atom. The minimum Gasteiger partial charge on any atom is -0.491 e. The molecular formula is C11H11F3O6S. The van der Waals surface area contributed by atoms with Crippen LogP contribution in [0.1, 0.15) is 19.8 Å². The number of fused-ring (bicyclic) bond motifs is 3. The summed E-state index contributed by atoms with van der Waals surface area (Å²) < 4.78 is 74.0. The van der Waals surface area contributed by atoms with Crippen LogP contribution in [0.15, 0.2) is 12.0 Å². The van der Waals surface area contributed by atoms with Gasteiger partial charge in [0.05, 0.1) is 12.3 Å². The van der Waals surface area contributed by atoms with Crippen LogP contribution < -0.4 is 0 Å². The Labute approximate surface area is 118 Å². The highest BCUT2D eigenvalue weighted by Gasteiger charge is 2.63. The van der Waals surface area contributed by atoms with Crippen LogP contribution in [-0.4, -0.2) is 31.6 Å². The van der Waals surface area contributed by atoms with E-state index in [0.717, 1.165) is 6.26 Å². The van der Waals surface area contributed by atoms with Gasteiger partial charge in [-0.3, -0.25) is 4.79 Å². The zero-order valence-electron chi connectivity index (χ0n) is 10.7. The number of alkyl halides is 3. The fourth-order valence-electron chi connectivity index (χ4n) is 3.28. The summed E-state index contributed by atoms with van der Waals surface area (Å²) in [6.45, 7) is 1.62. The van der Waals surface area contributed by atoms with Gasteiger partial charge < -0.3 is 13.7 Å². The van der Waals surface area contributed by atoms with Crippen molar-refractivity contribution in [1.82, 2.24) is 0 Å². The topological polar surface area (TPSA) is 78.9 Å². The molecule has 2 aliphatic heterocycles. The van der Waals surface area contributed by atoms with E-state index in [9.17, 15) is 26.4 Å². The van der Waals surface area contributed by atoms with Crippen molar-refractivity contribution in [2.24, 2.45) is 11.8 Å². The number of carbonyl (C=O) groups excluding carboxylic acids is 1. The number of carbonyl (C=O) groups is 1. The van der Waals surface area contributed by atoms with Crippen molar-refractivity contribution in [3.63, 3.8) is 0 Å². The Kier molecular flexibility index (Phi) is 2.80. The molecule has 0 aromatic heterocycles. The van der Waals surface area contributed by atoms with E-state index in [1.807, 2.05) is 0 Å². The maximum Gasteiger partial charge on any atom is 0.534 e. The fraction of sp³-hybridized carbons (Fsp3) is 0.727. The lowest BCUT2D eigenvalue weighted by Crippen LogP contribution is -2.33. The molecule has 0 unspecified atom stereocenters. The Balaban J connectivity index is 1.87. The van der Waals surface area contributed by atoms with Gasteiger partial charge in [0.15, 0.2) is 5.76 Å². The predicted molar refractivity (Wildman–Crippen MR) is 59.7 cm³/mol. The van der Waals surface area contributed by atoms with Crippen molar-refractivity contribution >= 4 is 16.1 Å². The molecule has 4 atom stereocenters. The van der Waals surface area contributed by atoms with E-state index in [1.54, 1.807) is 6.92 Å². The number of esters is 1. The zero-order chi connectivity index (χ0) is 15.6. The Morgan fingerprint density at radius 1 is 1.43 bits per heavy atom. The lowest BCUT2D eigenvalue weighted by molar-refractivity contribution is -0.142. The summed E-state index contributed by atoms with van der Waals surface area (Å²) in [4.78, 5) is 11.3. The second-order valence-electron chi connectivity index (χ2n) is 5.51. The highest BCUT2D eigenvalue weighted by molar-refractivity contribution is 7.87. The lowest BCUT2D eigenvalue weighted by Gasteiger charge is -2.26. The van der Waals surface area contributed by atoms with Gasteiger partial charge in [-0.25, -0.2) is 0 Å². The lowest BCUT2D eigenvalue weighted by atomic mass is 9.85. The molecule has 1 aliphatic carbocycles. The third-order valence-electron chi connectivity index (χ3n) is 4.10. The summed E-state index contributed by atoms with van der Waals surface area (Å²) in [5, 5.41) is 0. The van der Waals surface area contributed by atoms with Gasteiger partial charge in [-0.1, -0.05) is 0 Å². The van der Waals surface area contributed by atoms with Crippen LogP contribution in [0.2, 0.25) is 0 Å². The normalized spacial score (nSPS) is 38.4. The van der Waals surface area contributed by atoms with Crippen molar-refractivity contribution in [3.8, 4) is 0 Å². The molecule has 21 heavy (non-hydrogen) atoms. The minimum atomic E-state index is -5.76. The van der Waals surface area contributed by atoms with Crippen LogP contribution in [0, 0.1) is 11.8 Å². The first-order valence-electron chi connectivity index (χ1n) is 6.12. The molecule has 3 aliphatic rings. The van der Waals surface area contributed by atoms with E-state index in [0.29, 0.717) is 0 Å². The maximum absolute atomic E-state index is 12.4. The molecular weight excluding hydrogens is 317 g/mol. The summed E-state index contributed by atoms with van der Waals surface area (Å²) in [5.41, 5.74) is -6.45. The second kappa shape index (κ2) is 4.05. The summed E-state index contributed by atoms with van der Waals surface area (Å²) in [5.74, 6) is -2.09. The molecule has 10 heteroatoms. The molecule has 6 nitrogen and oxygen atoms in total. The molecule has 1 saturated carbocycles. The highest BCUT2D eigenvalue weighted by atomic mass is 32.2. The second-order valence-corrected chi connectivity index (χ2v) is 7.05. The first-order chi connectivity index (χ1) is 9.53. The average molecular weight is 328 g/mol. The van der Waals surface area contributed by atoms with Crippen molar-refractivity contribution < 1.29 is 40.0 Å². The van der Waals surface area contributed by atoms with Crippen molar-refractivity contribution in [3.05, 3.63) is 12.0 Å². The van der Waals surface area contributed by atoms with Crippen molar-refractivity contribution in [1.29, 1.82) is 0 Å². The van der Waals surface area contributed by atoms with Crippen LogP contribution in [0.3, 0.4) is 0 Å². The van der Waals surface area contributed by atoms with Crippen LogP contribution in [0.4, 0.5) is 13.2 Å². The number of hydrogen-bond acceptors (Lipinski definition) is 6. The summed E-state index contributed by atoms with van der Waals surface area (Å²) in [6, 6.07) is 0. The Bertz CT molecular complexity index is 624. The number of ether oxygens (including phenoxy) is 2. The summed E-state index contributed by atoms with van der Waals surface area (Å²) >= 11 is 0. The fourth-order valence-corrected chi connectivity index (χ4v) is 3.77. The highest BCUT2D eigenvalue weighted by Crippen LogP contribution is 2.55. The van der Waals surface area contributed by atoms with Gasteiger partial charge in [0, 0.05) is 12.3 Å². The van der Waals surface area contributed by atoms with Gasteiger partial charge in [-0.2, -0.15) is 21.6 Å². The molecule has 0 amide bonds. The summed E-state index contributed by atoms with van der Waals surface area (Å²) in [6.07, 6.45) is 0.672. The minimum absolute atomic E-state index is 0.00104. The molecule has 0 radical (unpaired) electrons. The summed E-state index contributed by atoms with van der Waals surface area (Å²) in [7, 11) is -5.76. The van der Waals surface area contributed by atoms with Crippen molar-refractivity contribution in [2.45, 2.75) is 37.0 Å². The quantitative estimate of drug-likeness (QED) is 0.433. The average Bonchev–Trinajstić information content (AvgIpc) is 2.85. The molecule has 0 N–H and O–H groups in total. The van der Waals surface area contributed by atoms with E-state index in [4.69, 9.17) is 9.47 Å². The van der Waals surface area contributed by atoms with Crippen LogP contribution >= 0.6 is 0 Å². The van der Waals surface area contributed by atoms with Gasteiger partial charge in [0.2, 0.25) is 0 Å². The van der Waals surface area contributed by atoms with Gasteiger partial charge in [0.1, 0.15) is 18.0 Å². The first kappa shape index (κ1) is 14.5. The molecule has 0 spiro atoms. The van der Waals surface area contributed by atoms with E-state index in [-0.39, 0.29) is 12.8 Å². The van der Waals surface area contributed by atoms with E-state index in [2.05, 4.69) is 4.18 Å². The standard InChI is InChI=1S/C11H11F3O6S/c1-10-3-6-5(2-8(15)19-6)9(10)7(4-18-10)20-21(16,17)11(12,13)14/h4-6,9H,2-3H2,1H3/t5-,6-,9+,10+/m1/s1. The van der Waals surface area contributed by atoms with E-state index < -0.39 is 50.9 Å². The van der Waals surface area contributed by atoms with Crippen LogP contribution in [0.25, 0.3) is 0 Å². The Morgan fingerprint density at radius 2 is 2.10 bits per heavy atom. The molecule has 2 heterocycles. The van der Waals surface area contributed by atoms with Gasteiger partial charge >= 0.3 is 21.6 Å². The monoisotopic (exact) mass is 328 g/mol. The molecule has 118 valence electrons. The molecule has 2 fully saturated rings. The predicted octanol–water partition coefficient (Wildman–Crippen LogP) is 1.43. The third kappa shape index (κ3) is 2.07. The van der Waals surface area contributed by atoms with Crippen LogP contribution in [-0.2, 0) is 28.6 Å². The van der Waals surface area contributed by atoms with Gasteiger partial charge in [-0.05, 0) is 6.92 Å². The van der Waals surface area contributed by atoms with E-state index in [1.165, 1.54) is 0 Å². The largest absolute Gasteiger partial charge is 0.534 e. The van der Waals surface area contributed by atoms with Crippen molar-refractivity contribution in [2.75, 3.05) is 0 Å². The first-order valence-corrected chi connectivity index (χ1v) is 7.52. The number of rotatable bonds is 2. The zero-order valence-corrected chi connectivity index (χ0v) is 11.5. The third-order valence-corrected chi connectivity index (χ3v) is 5.07. The number of halogens is 3. The SMILES string of the molecule is C[C@]12C[C@H]3OC(=O)C[C@H]3[C@H]1C(OS(=O)(=O)C(F)(F)F)=CO2. The molecule has 0 aromatic rings. The maximum atomic E-state index is 12.4. The molecule has 0 aromatic carbocycles. The smallest absolute Gasteiger partial charge is 0.491 e. The molecule has 1 saturated heterocycles. The van der Waals surface area contributed by atoms with Gasteiger partial charge in [0.25, 0.3) is 0 Å². The number of hydrogen-bond donors (Lipinski definition) is 0. The van der Waals surface area contributed by atoms with Crippen LogP contribution in [0.5, 0.6) is 0 Å². The van der Waals surface area contributed by atoms with E-state index >= 15 is 0 Å². The molecule has 3 rings (SSSR count). The molecule has 0 bridgehead atoms. The van der Waals surface area contributed by atoms with Gasteiger partial charge in [-0.15, -0.1) is 0 Å². The Hall–Kier alpha value is -1.45.